The highest BCUT2D eigenvalue weighted by atomic mass is 16.3. The Morgan fingerprint density at radius 3 is 2.31 bits per heavy atom. The molecule has 0 fully saturated rings. The lowest BCUT2D eigenvalue weighted by Crippen LogP contribution is -2.33. The summed E-state index contributed by atoms with van der Waals surface area (Å²) in [6, 6.07) is 18.3. The maximum atomic E-state index is 13.0. The molecule has 1 aliphatic rings. The Hall–Kier alpha value is -3.18. The largest absolute Gasteiger partial charge is 0.503 e. The van der Waals surface area contributed by atoms with Crippen molar-refractivity contribution in [2.75, 3.05) is 27.2 Å². The lowest BCUT2D eigenvalue weighted by atomic mass is 9.95. The van der Waals surface area contributed by atoms with Crippen molar-refractivity contribution in [3.8, 4) is 0 Å². The number of hydrogen-bond acceptors (Lipinski definition) is 4. The topological polar surface area (TPSA) is 60.9 Å². The van der Waals surface area contributed by atoms with Crippen LogP contribution in [0.1, 0.15) is 23.6 Å². The van der Waals surface area contributed by atoms with Crippen molar-refractivity contribution in [1.82, 2.24) is 9.80 Å². The van der Waals surface area contributed by atoms with Crippen LogP contribution in [0.15, 0.2) is 78.1 Å². The van der Waals surface area contributed by atoms with E-state index in [9.17, 15) is 14.7 Å². The fourth-order valence-electron chi connectivity index (χ4n) is 3.50. The molecule has 0 saturated heterocycles. The molecule has 0 bridgehead atoms. The summed E-state index contributed by atoms with van der Waals surface area (Å²) in [7, 11) is 3.94. The van der Waals surface area contributed by atoms with E-state index in [1.54, 1.807) is 11.0 Å². The number of carbonyl (C=O) groups excluding carboxylic acids is 2. The van der Waals surface area contributed by atoms with E-state index in [0.29, 0.717) is 6.54 Å². The quantitative estimate of drug-likeness (QED) is 0.700. The minimum atomic E-state index is -0.584. The summed E-state index contributed by atoms with van der Waals surface area (Å²) in [5, 5.41) is 10.6. The van der Waals surface area contributed by atoms with Gasteiger partial charge in [0.15, 0.2) is 11.5 Å². The molecule has 1 unspecified atom stereocenters. The van der Waals surface area contributed by atoms with Crippen molar-refractivity contribution >= 4 is 17.8 Å². The first-order chi connectivity index (χ1) is 14.0. The molecule has 1 N–H and O–H groups in total. The molecule has 1 amide bonds. The summed E-state index contributed by atoms with van der Waals surface area (Å²) in [6.45, 7) is 1.27. The van der Waals surface area contributed by atoms with E-state index in [-0.39, 0.29) is 11.4 Å². The molecule has 0 radical (unpaired) electrons. The van der Waals surface area contributed by atoms with Crippen LogP contribution in [0.25, 0.3) is 6.08 Å². The van der Waals surface area contributed by atoms with E-state index in [2.05, 4.69) is 0 Å². The van der Waals surface area contributed by atoms with Gasteiger partial charge in [0.05, 0.1) is 11.6 Å². The summed E-state index contributed by atoms with van der Waals surface area (Å²) in [5.41, 5.74) is 1.83. The number of ketones is 1. The van der Waals surface area contributed by atoms with E-state index in [1.165, 1.54) is 6.08 Å². The first-order valence-corrected chi connectivity index (χ1v) is 9.70. The molecule has 0 aromatic heterocycles. The zero-order chi connectivity index (χ0) is 20.8. The van der Waals surface area contributed by atoms with E-state index in [0.717, 1.165) is 24.1 Å². The Morgan fingerprint density at radius 2 is 1.69 bits per heavy atom. The Morgan fingerprint density at radius 1 is 1.07 bits per heavy atom. The van der Waals surface area contributed by atoms with Gasteiger partial charge in [-0.1, -0.05) is 66.7 Å². The van der Waals surface area contributed by atoms with Gasteiger partial charge < -0.3 is 14.9 Å². The summed E-state index contributed by atoms with van der Waals surface area (Å²) in [6.07, 6.45) is 3.87. The van der Waals surface area contributed by atoms with Gasteiger partial charge in [-0.15, -0.1) is 0 Å². The fourth-order valence-corrected chi connectivity index (χ4v) is 3.50. The molecule has 1 heterocycles. The number of aliphatic hydroxyl groups excluding tert-OH is 1. The Labute approximate surface area is 171 Å². The summed E-state index contributed by atoms with van der Waals surface area (Å²) in [4.78, 5) is 29.4. The number of nitrogens with zero attached hydrogens (tertiary/aromatic N) is 2. The van der Waals surface area contributed by atoms with Gasteiger partial charge in [0, 0.05) is 6.54 Å². The van der Waals surface area contributed by atoms with Crippen molar-refractivity contribution in [1.29, 1.82) is 0 Å². The van der Waals surface area contributed by atoms with E-state index in [1.807, 2.05) is 79.7 Å². The summed E-state index contributed by atoms with van der Waals surface area (Å²) < 4.78 is 0. The second-order valence-corrected chi connectivity index (χ2v) is 7.34. The molecule has 2 aromatic carbocycles. The highest BCUT2D eigenvalue weighted by Gasteiger charge is 2.42. The predicted octanol–water partition coefficient (Wildman–Crippen LogP) is 3.62. The summed E-state index contributed by atoms with van der Waals surface area (Å²) >= 11 is 0. The minimum Gasteiger partial charge on any atom is -0.503 e. The van der Waals surface area contributed by atoms with Crippen molar-refractivity contribution in [2.45, 2.75) is 12.5 Å². The van der Waals surface area contributed by atoms with E-state index < -0.39 is 17.7 Å². The smallest absolute Gasteiger partial charge is 0.290 e. The number of hydrogen-bond donors (Lipinski definition) is 1. The molecule has 5 nitrogen and oxygen atoms in total. The van der Waals surface area contributed by atoms with Gasteiger partial charge in [0.25, 0.3) is 5.91 Å². The first kappa shape index (κ1) is 20.6. The lowest BCUT2D eigenvalue weighted by Gasteiger charge is -2.27. The zero-order valence-electron chi connectivity index (χ0n) is 16.8. The van der Waals surface area contributed by atoms with Crippen LogP contribution in [0.2, 0.25) is 0 Å². The third-order valence-electron chi connectivity index (χ3n) is 4.92. The zero-order valence-corrected chi connectivity index (χ0v) is 16.8. The highest BCUT2D eigenvalue weighted by molar-refractivity contribution is 6.14. The summed E-state index contributed by atoms with van der Waals surface area (Å²) in [5.74, 6) is -1.30. The number of allylic oxidation sites excluding steroid dienone is 1. The van der Waals surface area contributed by atoms with Gasteiger partial charge in [-0.3, -0.25) is 9.59 Å². The van der Waals surface area contributed by atoms with Crippen molar-refractivity contribution in [3.63, 3.8) is 0 Å². The monoisotopic (exact) mass is 390 g/mol. The Kier molecular flexibility index (Phi) is 6.62. The molecule has 2 aromatic rings. The Bertz CT molecular complexity index is 918. The van der Waals surface area contributed by atoms with Crippen molar-refractivity contribution < 1.29 is 14.7 Å². The molecular formula is C24H26N2O3. The van der Waals surface area contributed by atoms with Crippen LogP contribution in [0, 0.1) is 0 Å². The van der Waals surface area contributed by atoms with Gasteiger partial charge >= 0.3 is 0 Å². The molecule has 0 aliphatic carbocycles. The molecule has 0 saturated carbocycles. The molecule has 5 heteroatoms. The third kappa shape index (κ3) is 4.81. The van der Waals surface area contributed by atoms with Gasteiger partial charge in [0.2, 0.25) is 0 Å². The number of amides is 1. The van der Waals surface area contributed by atoms with Gasteiger partial charge in [-0.25, -0.2) is 0 Å². The fraction of sp³-hybridized carbons (Fsp3) is 0.250. The van der Waals surface area contributed by atoms with Crippen LogP contribution in [-0.4, -0.2) is 53.8 Å². The predicted molar refractivity (Wildman–Crippen MR) is 114 cm³/mol. The molecule has 0 spiro atoms. The maximum absolute atomic E-state index is 13.0. The van der Waals surface area contributed by atoms with Crippen molar-refractivity contribution in [2.24, 2.45) is 0 Å². The standard InChI is InChI=1S/C24H26N2O3/c1-25(2)16-9-17-26-22(19-12-7-4-8-13-19)21(23(28)24(26)29)20(27)15-14-18-10-5-3-6-11-18/h3-8,10-15,22,28H,9,16-17H2,1-2H3/b15-14+. The maximum Gasteiger partial charge on any atom is 0.290 e. The molecular weight excluding hydrogens is 364 g/mol. The molecule has 1 atom stereocenters. The number of benzene rings is 2. The van der Waals surface area contributed by atoms with Crippen molar-refractivity contribution in [3.05, 3.63) is 89.2 Å². The van der Waals surface area contributed by atoms with Crippen LogP contribution in [0.3, 0.4) is 0 Å². The minimum absolute atomic E-state index is 0.137. The molecule has 1 aliphatic heterocycles. The second-order valence-electron chi connectivity index (χ2n) is 7.34. The Balaban J connectivity index is 1.91. The van der Waals surface area contributed by atoms with Crippen LogP contribution in [-0.2, 0) is 9.59 Å². The van der Waals surface area contributed by atoms with Crippen LogP contribution in [0.5, 0.6) is 0 Å². The van der Waals surface area contributed by atoms with Gasteiger partial charge in [-0.05, 0) is 44.3 Å². The SMILES string of the molecule is CN(C)CCCN1C(=O)C(O)=C(C(=O)/C=C/c2ccccc2)C1c1ccccc1. The number of carbonyl (C=O) groups is 2. The van der Waals surface area contributed by atoms with Crippen LogP contribution < -0.4 is 0 Å². The highest BCUT2D eigenvalue weighted by Crippen LogP contribution is 2.37. The number of rotatable bonds is 8. The average molecular weight is 390 g/mol. The second kappa shape index (κ2) is 9.34. The average Bonchev–Trinajstić information content (AvgIpc) is 2.98. The lowest BCUT2D eigenvalue weighted by molar-refractivity contribution is -0.129. The third-order valence-corrected chi connectivity index (χ3v) is 4.92. The molecule has 150 valence electrons. The van der Waals surface area contributed by atoms with E-state index in [4.69, 9.17) is 0 Å². The number of aliphatic hydroxyl groups is 1. The normalized spacial score (nSPS) is 17.0. The first-order valence-electron chi connectivity index (χ1n) is 9.70. The van der Waals surface area contributed by atoms with Gasteiger partial charge in [0.1, 0.15) is 0 Å². The molecule has 29 heavy (non-hydrogen) atoms. The van der Waals surface area contributed by atoms with E-state index >= 15 is 0 Å². The van der Waals surface area contributed by atoms with Crippen LogP contribution in [0.4, 0.5) is 0 Å². The molecule has 3 rings (SSSR count). The van der Waals surface area contributed by atoms with Gasteiger partial charge in [-0.2, -0.15) is 0 Å². The van der Waals surface area contributed by atoms with Crippen LogP contribution >= 0.6 is 0 Å².